The highest BCUT2D eigenvalue weighted by atomic mass is 19.1. The third-order valence-electron chi connectivity index (χ3n) is 3.55. The van der Waals surface area contributed by atoms with Gasteiger partial charge in [0.1, 0.15) is 23.3 Å². The number of carbonyl (C=O) groups excluding carboxylic acids is 1. The monoisotopic (exact) mass is 349 g/mol. The summed E-state index contributed by atoms with van der Waals surface area (Å²) in [4.78, 5) is 22.4. The lowest BCUT2D eigenvalue weighted by Gasteiger charge is -2.27. The van der Waals surface area contributed by atoms with Gasteiger partial charge in [0.05, 0.1) is 19.8 Å². The Morgan fingerprint density at radius 2 is 1.92 bits per heavy atom. The van der Waals surface area contributed by atoms with E-state index in [-0.39, 0.29) is 12.2 Å². The molecular weight excluding hydrogens is 332 g/mol. The van der Waals surface area contributed by atoms with Gasteiger partial charge in [-0.25, -0.2) is 23.5 Å². The molecule has 9 heteroatoms. The summed E-state index contributed by atoms with van der Waals surface area (Å²) in [6, 6.07) is 3.97. The van der Waals surface area contributed by atoms with E-state index >= 15 is 0 Å². The molecular formula is C16H17F2N5O2. The first-order valence-electron chi connectivity index (χ1n) is 7.76. The molecule has 0 atom stereocenters. The Bertz CT molecular complexity index is 733. The third kappa shape index (κ3) is 4.83. The van der Waals surface area contributed by atoms with Crippen molar-refractivity contribution in [1.29, 1.82) is 0 Å². The Kier molecular flexibility index (Phi) is 5.34. The fourth-order valence-corrected chi connectivity index (χ4v) is 2.40. The minimum Gasteiger partial charge on any atom is -0.378 e. The summed E-state index contributed by atoms with van der Waals surface area (Å²) >= 11 is 0. The molecule has 2 amide bonds. The van der Waals surface area contributed by atoms with Crippen molar-refractivity contribution in [1.82, 2.24) is 15.3 Å². The first-order chi connectivity index (χ1) is 12.1. The zero-order chi connectivity index (χ0) is 17.6. The van der Waals surface area contributed by atoms with Crippen LogP contribution in [0.1, 0.15) is 5.82 Å². The van der Waals surface area contributed by atoms with Gasteiger partial charge in [0.25, 0.3) is 0 Å². The van der Waals surface area contributed by atoms with Gasteiger partial charge in [-0.1, -0.05) is 0 Å². The first-order valence-corrected chi connectivity index (χ1v) is 7.76. The zero-order valence-corrected chi connectivity index (χ0v) is 13.3. The van der Waals surface area contributed by atoms with E-state index in [4.69, 9.17) is 4.74 Å². The van der Waals surface area contributed by atoms with Gasteiger partial charge in [-0.3, -0.25) is 0 Å². The van der Waals surface area contributed by atoms with Crippen molar-refractivity contribution >= 4 is 17.5 Å². The summed E-state index contributed by atoms with van der Waals surface area (Å²) < 4.78 is 31.5. The van der Waals surface area contributed by atoms with Crippen LogP contribution in [-0.4, -0.2) is 42.3 Å². The highest BCUT2D eigenvalue weighted by Crippen LogP contribution is 2.13. The number of aromatic nitrogens is 2. The van der Waals surface area contributed by atoms with Crippen LogP contribution < -0.4 is 15.5 Å². The van der Waals surface area contributed by atoms with Gasteiger partial charge < -0.3 is 20.3 Å². The smallest absolute Gasteiger partial charge is 0.319 e. The summed E-state index contributed by atoms with van der Waals surface area (Å²) in [5, 5.41) is 4.91. The van der Waals surface area contributed by atoms with Crippen LogP contribution in [-0.2, 0) is 11.3 Å². The van der Waals surface area contributed by atoms with Crippen LogP contribution in [0, 0.1) is 11.6 Å². The number of carbonyl (C=O) groups is 1. The van der Waals surface area contributed by atoms with Crippen molar-refractivity contribution in [3.63, 3.8) is 0 Å². The molecule has 7 nitrogen and oxygen atoms in total. The second-order valence-electron chi connectivity index (χ2n) is 5.40. The van der Waals surface area contributed by atoms with E-state index < -0.39 is 17.7 Å². The first kappa shape index (κ1) is 17.0. The average Bonchev–Trinajstić information content (AvgIpc) is 2.60. The molecule has 1 fully saturated rings. The second-order valence-corrected chi connectivity index (χ2v) is 5.40. The number of rotatable bonds is 4. The van der Waals surface area contributed by atoms with Crippen molar-refractivity contribution in [3.05, 3.63) is 47.9 Å². The Labute approximate surface area is 143 Å². The van der Waals surface area contributed by atoms with E-state index in [0.717, 1.165) is 37.1 Å². The molecule has 0 spiro atoms. The summed E-state index contributed by atoms with van der Waals surface area (Å²) in [6.07, 6.45) is 1.62. The van der Waals surface area contributed by atoms with Gasteiger partial charge in [-0.2, -0.15) is 0 Å². The molecule has 1 saturated heterocycles. The van der Waals surface area contributed by atoms with Gasteiger partial charge in [0, 0.05) is 31.0 Å². The normalized spacial score (nSPS) is 14.2. The van der Waals surface area contributed by atoms with Crippen LogP contribution in [0.25, 0.3) is 0 Å². The topological polar surface area (TPSA) is 79.4 Å². The number of ether oxygens (including phenoxy) is 1. The van der Waals surface area contributed by atoms with Crippen LogP contribution in [0.15, 0.2) is 30.5 Å². The molecule has 0 radical (unpaired) electrons. The van der Waals surface area contributed by atoms with Crippen LogP contribution >= 0.6 is 0 Å². The molecule has 0 saturated carbocycles. The lowest BCUT2D eigenvalue weighted by Crippen LogP contribution is -2.37. The van der Waals surface area contributed by atoms with Crippen LogP contribution in [0.2, 0.25) is 0 Å². The van der Waals surface area contributed by atoms with E-state index in [1.54, 1.807) is 12.3 Å². The minimum absolute atomic E-state index is 0.0259. The number of nitrogens with one attached hydrogen (secondary N) is 2. The standard InChI is InChI=1S/C16H17F2N5O2/c17-11-7-12(18)9-13(8-11)21-16(24)20-10-14-19-2-1-15(22-14)23-3-5-25-6-4-23/h1-2,7-9H,3-6,10H2,(H2,20,21,24). The van der Waals surface area contributed by atoms with Crippen molar-refractivity contribution in [2.45, 2.75) is 6.54 Å². The van der Waals surface area contributed by atoms with Gasteiger partial charge in [-0.05, 0) is 18.2 Å². The number of morpholine rings is 1. The largest absolute Gasteiger partial charge is 0.378 e. The van der Waals surface area contributed by atoms with Gasteiger partial charge in [0.2, 0.25) is 0 Å². The summed E-state index contributed by atoms with van der Waals surface area (Å²) in [5.74, 6) is -0.332. The molecule has 132 valence electrons. The molecule has 1 aromatic heterocycles. The Balaban J connectivity index is 1.56. The van der Waals surface area contributed by atoms with Gasteiger partial charge in [0.15, 0.2) is 0 Å². The van der Waals surface area contributed by atoms with E-state index in [1.165, 1.54) is 0 Å². The fraction of sp³-hybridized carbons (Fsp3) is 0.312. The Morgan fingerprint density at radius 1 is 1.20 bits per heavy atom. The van der Waals surface area contributed by atoms with Crippen molar-refractivity contribution in [2.75, 3.05) is 36.5 Å². The Morgan fingerprint density at radius 3 is 2.64 bits per heavy atom. The maximum Gasteiger partial charge on any atom is 0.319 e. The predicted octanol–water partition coefficient (Wildman–Crippen LogP) is 1.91. The maximum absolute atomic E-state index is 13.1. The highest BCUT2D eigenvalue weighted by Gasteiger charge is 2.13. The minimum atomic E-state index is -0.767. The zero-order valence-electron chi connectivity index (χ0n) is 13.3. The maximum atomic E-state index is 13.1. The fourth-order valence-electron chi connectivity index (χ4n) is 2.40. The predicted molar refractivity (Wildman–Crippen MR) is 87.3 cm³/mol. The molecule has 3 rings (SSSR count). The Hall–Kier alpha value is -2.81. The molecule has 2 heterocycles. The van der Waals surface area contributed by atoms with Crippen molar-refractivity contribution in [3.8, 4) is 0 Å². The molecule has 0 unspecified atom stereocenters. The number of urea groups is 1. The number of hydrogen-bond acceptors (Lipinski definition) is 5. The van der Waals surface area contributed by atoms with E-state index in [2.05, 4.69) is 25.5 Å². The summed E-state index contributed by atoms with van der Waals surface area (Å²) in [7, 11) is 0. The van der Waals surface area contributed by atoms with Gasteiger partial charge in [-0.15, -0.1) is 0 Å². The molecule has 0 bridgehead atoms. The number of benzene rings is 1. The highest BCUT2D eigenvalue weighted by molar-refractivity contribution is 5.89. The number of amides is 2. The molecule has 1 aliphatic heterocycles. The van der Waals surface area contributed by atoms with E-state index in [9.17, 15) is 13.6 Å². The SMILES string of the molecule is O=C(NCc1nccc(N2CCOCC2)n1)Nc1cc(F)cc(F)c1. The van der Waals surface area contributed by atoms with Crippen molar-refractivity contribution < 1.29 is 18.3 Å². The number of nitrogens with zero attached hydrogens (tertiary/aromatic N) is 3. The number of halogens is 2. The number of anilines is 2. The van der Waals surface area contributed by atoms with Gasteiger partial charge >= 0.3 is 6.03 Å². The van der Waals surface area contributed by atoms with Crippen molar-refractivity contribution in [2.24, 2.45) is 0 Å². The lowest BCUT2D eigenvalue weighted by atomic mass is 10.3. The molecule has 2 aromatic rings. The lowest BCUT2D eigenvalue weighted by molar-refractivity contribution is 0.122. The quantitative estimate of drug-likeness (QED) is 0.882. The summed E-state index contributed by atoms with van der Waals surface area (Å²) in [6.45, 7) is 2.86. The van der Waals surface area contributed by atoms with E-state index in [1.807, 2.05) is 0 Å². The molecule has 1 aromatic carbocycles. The molecule has 0 aliphatic carbocycles. The third-order valence-corrected chi connectivity index (χ3v) is 3.55. The molecule has 25 heavy (non-hydrogen) atoms. The number of hydrogen-bond donors (Lipinski definition) is 2. The average molecular weight is 349 g/mol. The second kappa shape index (κ2) is 7.84. The van der Waals surface area contributed by atoms with Crippen LogP contribution in [0.5, 0.6) is 0 Å². The molecule has 2 N–H and O–H groups in total. The van der Waals surface area contributed by atoms with E-state index in [0.29, 0.717) is 19.0 Å². The summed E-state index contributed by atoms with van der Waals surface area (Å²) in [5.41, 5.74) is 0.0259. The molecule has 1 aliphatic rings. The van der Waals surface area contributed by atoms with Crippen LogP contribution in [0.4, 0.5) is 25.1 Å². The van der Waals surface area contributed by atoms with Crippen LogP contribution in [0.3, 0.4) is 0 Å².